The third-order valence-corrected chi connectivity index (χ3v) is 5.03. The van der Waals surface area contributed by atoms with Crippen molar-refractivity contribution in [3.05, 3.63) is 42.7 Å². The lowest BCUT2D eigenvalue weighted by Crippen LogP contribution is -2.54. The van der Waals surface area contributed by atoms with Gasteiger partial charge in [0.05, 0.1) is 18.4 Å². The van der Waals surface area contributed by atoms with Gasteiger partial charge in [-0.2, -0.15) is 0 Å². The number of carboxylic acids is 1. The van der Waals surface area contributed by atoms with Gasteiger partial charge in [0, 0.05) is 12.4 Å². The van der Waals surface area contributed by atoms with Crippen LogP contribution in [-0.4, -0.2) is 70.9 Å². The number of nitrogens with two attached hydrogens (primary N) is 2. The molecule has 0 radical (unpaired) electrons. The van der Waals surface area contributed by atoms with Gasteiger partial charge in [-0.15, -0.1) is 0 Å². The first-order valence-electron chi connectivity index (χ1n) is 9.31. The van der Waals surface area contributed by atoms with E-state index in [0.29, 0.717) is 0 Å². The van der Waals surface area contributed by atoms with Gasteiger partial charge in [-0.25, -0.2) is 19.7 Å². The summed E-state index contributed by atoms with van der Waals surface area (Å²) in [5, 5.41) is 22.9. The van der Waals surface area contributed by atoms with Crippen LogP contribution in [0.1, 0.15) is 11.8 Å². The van der Waals surface area contributed by atoms with Crippen molar-refractivity contribution in [2.75, 3.05) is 5.73 Å². The predicted molar refractivity (Wildman–Crippen MR) is 105 cm³/mol. The molecule has 1 aliphatic heterocycles. The zero-order chi connectivity index (χ0) is 22.1. The average Bonchev–Trinajstić information content (AvgIpc) is 3.31. The predicted octanol–water partition coefficient (Wildman–Crippen LogP) is -1.80. The van der Waals surface area contributed by atoms with Crippen LogP contribution in [0.15, 0.2) is 37.2 Å². The number of amides is 1. The Hall–Kier alpha value is -3.68. The normalized spacial score (nSPS) is 24.2. The molecule has 1 saturated heterocycles. The second kappa shape index (κ2) is 8.22. The Morgan fingerprint density at radius 2 is 2.00 bits per heavy atom. The zero-order valence-electron chi connectivity index (χ0n) is 16.1. The minimum atomic E-state index is -1.52. The number of nitrogens with one attached hydrogen (secondary N) is 1. The summed E-state index contributed by atoms with van der Waals surface area (Å²) in [7, 11) is 0. The minimum Gasteiger partial charge on any atom is -0.479 e. The lowest BCUT2D eigenvalue weighted by atomic mass is 10.0. The molecular formula is C18H20N8O5. The topological polar surface area (TPSA) is 204 Å². The van der Waals surface area contributed by atoms with Gasteiger partial charge in [0.15, 0.2) is 23.8 Å². The second-order valence-corrected chi connectivity index (χ2v) is 7.06. The van der Waals surface area contributed by atoms with Gasteiger partial charge in [-0.3, -0.25) is 14.3 Å². The molecule has 1 fully saturated rings. The number of anilines is 1. The number of aliphatic hydroxyl groups excluding tert-OH is 1. The van der Waals surface area contributed by atoms with Crippen LogP contribution in [0.25, 0.3) is 11.2 Å². The average molecular weight is 428 g/mol. The number of pyridine rings is 1. The van der Waals surface area contributed by atoms with E-state index in [1.165, 1.54) is 17.2 Å². The van der Waals surface area contributed by atoms with Gasteiger partial charge in [-0.05, 0) is 24.1 Å². The van der Waals surface area contributed by atoms with Gasteiger partial charge in [0.1, 0.15) is 17.9 Å². The van der Waals surface area contributed by atoms with Crippen molar-refractivity contribution < 1.29 is 24.5 Å². The molecule has 0 spiro atoms. The summed E-state index contributed by atoms with van der Waals surface area (Å²) < 4.78 is 6.89. The highest BCUT2D eigenvalue weighted by Gasteiger charge is 2.49. The maximum absolute atomic E-state index is 12.6. The van der Waals surface area contributed by atoms with Gasteiger partial charge in [-0.1, -0.05) is 0 Å². The van der Waals surface area contributed by atoms with Crippen molar-refractivity contribution >= 4 is 28.9 Å². The summed E-state index contributed by atoms with van der Waals surface area (Å²) in [5.74, 6) is -1.86. The number of fused-ring (bicyclic) bond motifs is 1. The van der Waals surface area contributed by atoms with Crippen LogP contribution in [0.3, 0.4) is 0 Å². The molecule has 0 aliphatic carbocycles. The van der Waals surface area contributed by atoms with Crippen molar-refractivity contribution in [1.82, 2.24) is 29.8 Å². The van der Waals surface area contributed by atoms with Gasteiger partial charge in [0.2, 0.25) is 5.91 Å². The Bertz CT molecular complexity index is 1110. The fraction of sp³-hybridized carbons (Fsp3) is 0.333. The molecule has 0 aromatic carbocycles. The Morgan fingerprint density at radius 3 is 2.71 bits per heavy atom. The highest BCUT2D eigenvalue weighted by atomic mass is 16.6. The lowest BCUT2D eigenvalue weighted by molar-refractivity contribution is -0.152. The fourth-order valence-corrected chi connectivity index (χ4v) is 3.47. The number of hydrogen-bond acceptors (Lipinski definition) is 10. The summed E-state index contributed by atoms with van der Waals surface area (Å²) in [6.07, 6.45) is 1.76. The first-order valence-corrected chi connectivity index (χ1v) is 9.31. The molecule has 162 valence electrons. The Kier molecular flexibility index (Phi) is 5.46. The summed E-state index contributed by atoms with van der Waals surface area (Å²) >= 11 is 0. The SMILES string of the molecule is Nc1ncnc2c1ncn2[C@@H]1O[C@H](C(=O)O)[C@@H](NC(=O)C(N)Cc2ccncc2)[C@H]1O. The van der Waals surface area contributed by atoms with E-state index >= 15 is 0 Å². The summed E-state index contributed by atoms with van der Waals surface area (Å²) in [6.45, 7) is 0. The monoisotopic (exact) mass is 428 g/mol. The van der Waals surface area contributed by atoms with Crippen molar-refractivity contribution in [2.45, 2.75) is 36.9 Å². The molecule has 0 bridgehead atoms. The Morgan fingerprint density at radius 1 is 1.26 bits per heavy atom. The van der Waals surface area contributed by atoms with Crippen LogP contribution in [0.5, 0.6) is 0 Å². The summed E-state index contributed by atoms with van der Waals surface area (Å²) in [5.41, 5.74) is 13.0. The fourth-order valence-electron chi connectivity index (χ4n) is 3.47. The largest absolute Gasteiger partial charge is 0.479 e. The van der Waals surface area contributed by atoms with Crippen molar-refractivity contribution in [1.29, 1.82) is 0 Å². The van der Waals surface area contributed by atoms with Crippen LogP contribution in [0.4, 0.5) is 5.82 Å². The van der Waals surface area contributed by atoms with E-state index in [1.54, 1.807) is 24.5 Å². The zero-order valence-corrected chi connectivity index (χ0v) is 16.1. The number of nitrogen functional groups attached to an aromatic ring is 1. The quantitative estimate of drug-likeness (QED) is 0.296. The number of hydrogen-bond donors (Lipinski definition) is 5. The van der Waals surface area contributed by atoms with Crippen molar-refractivity contribution in [3.63, 3.8) is 0 Å². The number of aliphatic hydroxyl groups is 1. The first kappa shape index (κ1) is 20.6. The number of aliphatic carboxylic acids is 1. The van der Waals surface area contributed by atoms with E-state index in [-0.39, 0.29) is 23.4 Å². The Balaban J connectivity index is 1.54. The number of rotatable bonds is 6. The molecule has 3 aromatic heterocycles. The maximum atomic E-state index is 12.6. The summed E-state index contributed by atoms with van der Waals surface area (Å²) in [4.78, 5) is 40.2. The summed E-state index contributed by atoms with van der Waals surface area (Å²) in [6, 6.07) is 1.21. The molecule has 7 N–H and O–H groups in total. The molecule has 31 heavy (non-hydrogen) atoms. The molecule has 3 aromatic rings. The van der Waals surface area contributed by atoms with Gasteiger partial charge in [0.25, 0.3) is 0 Å². The third kappa shape index (κ3) is 3.88. The maximum Gasteiger partial charge on any atom is 0.335 e. The van der Waals surface area contributed by atoms with Crippen LogP contribution >= 0.6 is 0 Å². The van der Waals surface area contributed by atoms with E-state index in [2.05, 4.69) is 25.3 Å². The van der Waals surface area contributed by atoms with E-state index < -0.39 is 42.4 Å². The number of carbonyl (C=O) groups is 2. The van der Waals surface area contributed by atoms with E-state index in [4.69, 9.17) is 16.2 Å². The Labute approximate surface area is 175 Å². The number of ether oxygens (including phenoxy) is 1. The van der Waals surface area contributed by atoms with Crippen LogP contribution in [-0.2, 0) is 20.7 Å². The minimum absolute atomic E-state index is 0.123. The molecule has 0 saturated carbocycles. The van der Waals surface area contributed by atoms with E-state index in [0.717, 1.165) is 5.56 Å². The van der Waals surface area contributed by atoms with Gasteiger partial charge < -0.3 is 31.7 Å². The standard InChI is InChI=1S/C18H20N8O5/c19-9(5-8-1-3-21-4-2-8)16(28)25-10-12(27)17(31-13(10)18(29)30)26-7-24-11-14(20)22-6-23-15(11)26/h1-4,6-7,9-10,12-13,17,27H,5,19H2,(H,25,28)(H,29,30)(H2,20,22,23)/t9?,10-,12+,13-,17+/m0/s1. The number of carbonyl (C=O) groups excluding carboxylic acids is 1. The highest BCUT2D eigenvalue weighted by molar-refractivity contribution is 5.84. The van der Waals surface area contributed by atoms with Crippen LogP contribution in [0, 0.1) is 0 Å². The third-order valence-electron chi connectivity index (χ3n) is 5.03. The number of imidazole rings is 1. The molecular weight excluding hydrogens is 408 g/mol. The smallest absolute Gasteiger partial charge is 0.335 e. The lowest BCUT2D eigenvalue weighted by Gasteiger charge is -2.22. The molecule has 1 unspecified atom stereocenters. The number of nitrogens with zero attached hydrogens (tertiary/aromatic N) is 5. The van der Waals surface area contributed by atoms with Gasteiger partial charge >= 0.3 is 5.97 Å². The molecule has 4 heterocycles. The van der Waals surface area contributed by atoms with E-state index in [9.17, 15) is 19.8 Å². The van der Waals surface area contributed by atoms with E-state index in [1.807, 2.05) is 0 Å². The second-order valence-electron chi connectivity index (χ2n) is 7.06. The van der Waals surface area contributed by atoms with Crippen LogP contribution < -0.4 is 16.8 Å². The molecule has 13 heteroatoms. The molecule has 13 nitrogen and oxygen atoms in total. The molecule has 4 rings (SSSR count). The molecule has 1 amide bonds. The first-order chi connectivity index (χ1) is 14.9. The van der Waals surface area contributed by atoms with Crippen LogP contribution in [0.2, 0.25) is 0 Å². The van der Waals surface area contributed by atoms with Crippen molar-refractivity contribution in [3.8, 4) is 0 Å². The molecule has 1 aliphatic rings. The number of carboxylic acid groups (broad SMARTS) is 1. The number of aromatic nitrogens is 5. The molecule has 5 atom stereocenters. The van der Waals surface area contributed by atoms with Crippen molar-refractivity contribution in [2.24, 2.45) is 5.73 Å². The highest BCUT2D eigenvalue weighted by Crippen LogP contribution is 2.32.